The molecule has 0 atom stereocenters. The van der Waals surface area contributed by atoms with Gasteiger partial charge in [0, 0.05) is 23.5 Å². The van der Waals surface area contributed by atoms with E-state index in [4.69, 9.17) is 11.6 Å². The van der Waals surface area contributed by atoms with Crippen LogP contribution in [0.2, 0.25) is 5.15 Å². The molecule has 0 saturated carbocycles. The van der Waals surface area contributed by atoms with E-state index in [0.717, 1.165) is 22.5 Å². The van der Waals surface area contributed by atoms with E-state index in [2.05, 4.69) is 15.1 Å². The van der Waals surface area contributed by atoms with Crippen LogP contribution >= 0.6 is 11.6 Å². The Labute approximate surface area is 117 Å². The average Bonchev–Trinajstić information content (AvgIpc) is 2.81. The molecule has 19 heavy (non-hydrogen) atoms. The molecular weight excluding hydrogens is 260 g/mol. The topological polar surface area (TPSA) is 43.1 Å². The molecule has 5 heteroatoms. The standard InChI is InChI=1S/C12H9ClN4.C2H6/c1-8-7-17-12(15-8)10(5-11(13)16-17)9-3-2-4-14-6-9;1-2/h2-7H,1H3;1-2H3. The molecule has 4 nitrogen and oxygen atoms in total. The summed E-state index contributed by atoms with van der Waals surface area (Å²) >= 11 is 6.00. The molecule has 0 N–H and O–H groups in total. The third kappa shape index (κ3) is 2.74. The second kappa shape index (κ2) is 5.80. The van der Waals surface area contributed by atoms with Crippen molar-refractivity contribution in [1.29, 1.82) is 0 Å². The molecule has 0 aliphatic carbocycles. The Morgan fingerprint density at radius 1 is 1.26 bits per heavy atom. The molecule has 98 valence electrons. The van der Waals surface area contributed by atoms with Crippen molar-refractivity contribution in [3.8, 4) is 11.1 Å². The predicted octanol–water partition coefficient (Wildman–Crippen LogP) is 3.78. The maximum absolute atomic E-state index is 6.00. The summed E-state index contributed by atoms with van der Waals surface area (Å²) in [7, 11) is 0. The van der Waals surface area contributed by atoms with E-state index >= 15 is 0 Å². The summed E-state index contributed by atoms with van der Waals surface area (Å²) in [6, 6.07) is 5.67. The van der Waals surface area contributed by atoms with E-state index < -0.39 is 0 Å². The number of hydrogen-bond donors (Lipinski definition) is 0. The number of nitrogens with zero attached hydrogens (tertiary/aromatic N) is 4. The first-order valence-corrected chi connectivity index (χ1v) is 6.55. The number of imidazole rings is 1. The van der Waals surface area contributed by atoms with Crippen molar-refractivity contribution in [3.05, 3.63) is 47.6 Å². The molecule has 3 aromatic heterocycles. The maximum Gasteiger partial charge on any atom is 0.161 e. The minimum absolute atomic E-state index is 0.439. The molecule has 3 aromatic rings. The molecule has 3 heterocycles. The van der Waals surface area contributed by atoms with Crippen LogP contribution in [0.25, 0.3) is 16.8 Å². The fraction of sp³-hybridized carbons (Fsp3) is 0.214. The summed E-state index contributed by atoms with van der Waals surface area (Å²) in [6.45, 7) is 5.93. The molecule has 0 unspecified atom stereocenters. The quantitative estimate of drug-likeness (QED) is 0.678. The largest absolute Gasteiger partial charge is 0.264 e. The van der Waals surface area contributed by atoms with E-state index in [1.807, 2.05) is 39.1 Å². The van der Waals surface area contributed by atoms with Crippen LogP contribution in [0.1, 0.15) is 19.5 Å². The Hall–Kier alpha value is -1.94. The molecule has 0 aliphatic heterocycles. The van der Waals surface area contributed by atoms with E-state index in [9.17, 15) is 0 Å². The molecule has 3 rings (SSSR count). The summed E-state index contributed by atoms with van der Waals surface area (Å²) in [5.74, 6) is 0. The van der Waals surface area contributed by atoms with Crippen LogP contribution in [0, 0.1) is 6.92 Å². The fourth-order valence-corrected chi connectivity index (χ4v) is 1.99. The number of rotatable bonds is 1. The van der Waals surface area contributed by atoms with Crippen LogP contribution in [-0.2, 0) is 0 Å². The molecule has 0 radical (unpaired) electrons. The number of halogens is 1. The SMILES string of the molecule is CC.Cc1cn2nc(Cl)cc(-c3cccnc3)c2n1. The third-order valence-electron chi connectivity index (χ3n) is 2.49. The molecule has 0 saturated heterocycles. The average molecular weight is 275 g/mol. The van der Waals surface area contributed by atoms with Gasteiger partial charge in [-0.3, -0.25) is 4.98 Å². The number of pyridine rings is 1. The van der Waals surface area contributed by atoms with Crippen LogP contribution in [0.4, 0.5) is 0 Å². The number of aryl methyl sites for hydroxylation is 1. The zero-order chi connectivity index (χ0) is 13.8. The van der Waals surface area contributed by atoms with Crippen molar-refractivity contribution in [2.24, 2.45) is 0 Å². The van der Waals surface area contributed by atoms with Gasteiger partial charge in [-0.1, -0.05) is 31.5 Å². The lowest BCUT2D eigenvalue weighted by Crippen LogP contribution is -1.93. The lowest BCUT2D eigenvalue weighted by atomic mass is 10.1. The van der Waals surface area contributed by atoms with Crippen molar-refractivity contribution < 1.29 is 0 Å². The third-order valence-corrected chi connectivity index (χ3v) is 2.67. The van der Waals surface area contributed by atoms with Gasteiger partial charge in [0.1, 0.15) is 0 Å². The second-order valence-electron chi connectivity index (χ2n) is 3.77. The smallest absolute Gasteiger partial charge is 0.161 e. The molecule has 0 spiro atoms. The predicted molar refractivity (Wildman–Crippen MR) is 77.3 cm³/mol. The van der Waals surface area contributed by atoms with Gasteiger partial charge < -0.3 is 0 Å². The van der Waals surface area contributed by atoms with E-state index in [1.165, 1.54) is 0 Å². The Bertz CT molecular complexity index is 676. The number of fused-ring (bicyclic) bond motifs is 1. The number of aromatic nitrogens is 4. The minimum Gasteiger partial charge on any atom is -0.264 e. The first-order valence-electron chi connectivity index (χ1n) is 6.17. The van der Waals surface area contributed by atoms with Crippen LogP contribution in [-0.4, -0.2) is 19.6 Å². The highest BCUT2D eigenvalue weighted by Gasteiger charge is 2.09. The van der Waals surface area contributed by atoms with Crippen LogP contribution in [0.15, 0.2) is 36.8 Å². The number of hydrogen-bond acceptors (Lipinski definition) is 3. The lowest BCUT2D eigenvalue weighted by Gasteiger charge is -2.03. The molecule has 0 aliphatic rings. The Kier molecular flexibility index (Phi) is 4.12. The highest BCUT2D eigenvalue weighted by Crippen LogP contribution is 2.25. The van der Waals surface area contributed by atoms with Crippen molar-refractivity contribution in [3.63, 3.8) is 0 Å². The van der Waals surface area contributed by atoms with Gasteiger partial charge in [-0.25, -0.2) is 9.50 Å². The van der Waals surface area contributed by atoms with Crippen molar-refractivity contribution >= 4 is 17.2 Å². The van der Waals surface area contributed by atoms with Gasteiger partial charge in [0.2, 0.25) is 0 Å². The van der Waals surface area contributed by atoms with Crippen LogP contribution in [0.3, 0.4) is 0 Å². The summed E-state index contributed by atoms with van der Waals surface area (Å²) in [4.78, 5) is 8.55. The van der Waals surface area contributed by atoms with E-state index in [0.29, 0.717) is 5.15 Å². The Morgan fingerprint density at radius 3 is 2.74 bits per heavy atom. The van der Waals surface area contributed by atoms with Crippen molar-refractivity contribution in [2.75, 3.05) is 0 Å². The molecule has 0 fully saturated rings. The zero-order valence-electron chi connectivity index (χ0n) is 11.1. The summed E-state index contributed by atoms with van der Waals surface area (Å²) < 4.78 is 1.69. The fourth-order valence-electron chi connectivity index (χ4n) is 1.80. The van der Waals surface area contributed by atoms with E-state index in [1.54, 1.807) is 23.0 Å². The van der Waals surface area contributed by atoms with Gasteiger partial charge in [0.25, 0.3) is 0 Å². The van der Waals surface area contributed by atoms with Gasteiger partial charge in [-0.15, -0.1) is 0 Å². The summed E-state index contributed by atoms with van der Waals surface area (Å²) in [5, 5.41) is 4.62. The maximum atomic E-state index is 6.00. The Balaban J connectivity index is 0.000000637. The van der Waals surface area contributed by atoms with Crippen LogP contribution < -0.4 is 0 Å². The lowest BCUT2D eigenvalue weighted by molar-refractivity contribution is 0.936. The molecule has 0 amide bonds. The zero-order valence-corrected chi connectivity index (χ0v) is 11.9. The van der Waals surface area contributed by atoms with Gasteiger partial charge in [-0.2, -0.15) is 5.10 Å². The monoisotopic (exact) mass is 274 g/mol. The Morgan fingerprint density at radius 2 is 2.05 bits per heavy atom. The van der Waals surface area contributed by atoms with Gasteiger partial charge in [0.05, 0.1) is 11.9 Å². The highest BCUT2D eigenvalue weighted by molar-refractivity contribution is 6.29. The van der Waals surface area contributed by atoms with Gasteiger partial charge in [0.15, 0.2) is 10.8 Å². The molecular formula is C14H15ClN4. The van der Waals surface area contributed by atoms with Crippen molar-refractivity contribution in [1.82, 2.24) is 19.6 Å². The first-order chi connectivity index (χ1) is 9.24. The highest BCUT2D eigenvalue weighted by atomic mass is 35.5. The van der Waals surface area contributed by atoms with Crippen LogP contribution in [0.5, 0.6) is 0 Å². The summed E-state index contributed by atoms with van der Waals surface area (Å²) in [6.07, 6.45) is 5.37. The molecule has 0 bridgehead atoms. The van der Waals surface area contributed by atoms with Crippen molar-refractivity contribution in [2.45, 2.75) is 20.8 Å². The van der Waals surface area contributed by atoms with Gasteiger partial charge in [-0.05, 0) is 19.1 Å². The minimum atomic E-state index is 0.439. The normalized spacial score (nSPS) is 10.1. The van der Waals surface area contributed by atoms with Gasteiger partial charge >= 0.3 is 0 Å². The molecule has 0 aromatic carbocycles. The second-order valence-corrected chi connectivity index (χ2v) is 4.16. The summed E-state index contributed by atoms with van der Waals surface area (Å²) in [5.41, 5.74) is 3.61. The first kappa shape index (κ1) is 13.5. The van der Waals surface area contributed by atoms with E-state index in [-0.39, 0.29) is 0 Å².